The summed E-state index contributed by atoms with van der Waals surface area (Å²) in [7, 11) is 2.05. The summed E-state index contributed by atoms with van der Waals surface area (Å²) in [4.78, 5) is 3.93. The van der Waals surface area contributed by atoms with Crippen LogP contribution < -0.4 is 5.32 Å². The summed E-state index contributed by atoms with van der Waals surface area (Å²) in [5.74, 6) is 0. The summed E-state index contributed by atoms with van der Waals surface area (Å²) < 4.78 is 2.37. The van der Waals surface area contributed by atoms with Gasteiger partial charge in [0.2, 0.25) is 0 Å². The van der Waals surface area contributed by atoms with E-state index in [9.17, 15) is 0 Å². The highest BCUT2D eigenvalue weighted by molar-refractivity contribution is 9.13. The quantitative estimate of drug-likeness (QED) is 0.898. The van der Waals surface area contributed by atoms with E-state index in [1.54, 1.807) is 0 Å². The molecule has 0 aliphatic carbocycles. The lowest BCUT2D eigenvalue weighted by molar-refractivity contribution is 0.325. The van der Waals surface area contributed by atoms with Gasteiger partial charge in [-0.2, -0.15) is 0 Å². The molecule has 0 amide bonds. The largest absolute Gasteiger partial charge is 0.316 e. The molecule has 2 nitrogen and oxygen atoms in total. The Balaban J connectivity index is 1.92. The van der Waals surface area contributed by atoms with Crippen molar-refractivity contribution in [1.29, 1.82) is 0 Å². The zero-order valence-corrected chi connectivity index (χ0v) is 12.6. The molecular formula is C10H14Br2N2S. The predicted octanol–water partition coefficient (Wildman–Crippen LogP) is 3.07. The minimum atomic E-state index is 0.678. The Morgan fingerprint density at radius 1 is 1.60 bits per heavy atom. The van der Waals surface area contributed by atoms with Crippen LogP contribution in [0.1, 0.15) is 11.3 Å². The van der Waals surface area contributed by atoms with E-state index in [4.69, 9.17) is 0 Å². The Hall–Kier alpha value is 0.580. The van der Waals surface area contributed by atoms with Gasteiger partial charge in [0.15, 0.2) is 0 Å². The molecule has 5 heteroatoms. The van der Waals surface area contributed by atoms with E-state index in [0.717, 1.165) is 6.54 Å². The maximum atomic E-state index is 3.53. The molecule has 1 N–H and O–H groups in total. The lowest BCUT2D eigenvalue weighted by Crippen LogP contribution is -2.29. The van der Waals surface area contributed by atoms with Crippen LogP contribution in [0.15, 0.2) is 14.3 Å². The lowest BCUT2D eigenvalue weighted by atomic mass is 10.3. The fourth-order valence-corrected chi connectivity index (χ4v) is 4.12. The van der Waals surface area contributed by atoms with Crippen molar-refractivity contribution in [2.45, 2.75) is 19.0 Å². The number of likely N-dealkylation sites (tertiary alicyclic amines) is 1. The highest BCUT2D eigenvalue weighted by Crippen LogP contribution is 2.33. The average molecular weight is 354 g/mol. The van der Waals surface area contributed by atoms with E-state index >= 15 is 0 Å². The van der Waals surface area contributed by atoms with Crippen molar-refractivity contribution in [2.24, 2.45) is 0 Å². The summed E-state index contributed by atoms with van der Waals surface area (Å²) in [6.07, 6.45) is 1.27. The molecule has 2 heterocycles. The first-order chi connectivity index (χ1) is 7.19. The van der Waals surface area contributed by atoms with Crippen LogP contribution in [0.5, 0.6) is 0 Å². The summed E-state index contributed by atoms with van der Waals surface area (Å²) in [6, 6.07) is 2.89. The van der Waals surface area contributed by atoms with Crippen molar-refractivity contribution >= 4 is 43.2 Å². The van der Waals surface area contributed by atoms with Crippen molar-refractivity contribution < 1.29 is 0 Å². The van der Waals surface area contributed by atoms with Gasteiger partial charge >= 0.3 is 0 Å². The van der Waals surface area contributed by atoms with Crippen LogP contribution in [0.2, 0.25) is 0 Å². The first-order valence-electron chi connectivity index (χ1n) is 5.02. The van der Waals surface area contributed by atoms with Crippen molar-refractivity contribution in [3.05, 3.63) is 19.2 Å². The summed E-state index contributed by atoms with van der Waals surface area (Å²) in [5.41, 5.74) is 0. The van der Waals surface area contributed by atoms with Crippen LogP contribution in [0.4, 0.5) is 0 Å². The Morgan fingerprint density at radius 3 is 2.93 bits per heavy atom. The van der Waals surface area contributed by atoms with Crippen LogP contribution >= 0.6 is 43.2 Å². The Bertz CT molecular complexity index is 321. The van der Waals surface area contributed by atoms with Crippen molar-refractivity contribution in [1.82, 2.24) is 10.2 Å². The van der Waals surface area contributed by atoms with Gasteiger partial charge in [0.05, 0.1) is 3.79 Å². The predicted molar refractivity (Wildman–Crippen MR) is 72.5 cm³/mol. The number of hydrogen-bond donors (Lipinski definition) is 1. The van der Waals surface area contributed by atoms with Gasteiger partial charge in [0.25, 0.3) is 0 Å². The molecule has 1 aromatic heterocycles. The summed E-state index contributed by atoms with van der Waals surface area (Å²) in [5, 5.41) is 3.34. The standard InChI is InChI=1S/C10H14Br2N2S/c1-13-7-2-3-14(5-7)6-8-4-9(11)10(12)15-8/h4,7,13H,2-3,5-6H2,1H3. The molecule has 1 saturated heterocycles. The molecule has 0 spiro atoms. The first kappa shape index (κ1) is 12.0. The zero-order valence-electron chi connectivity index (χ0n) is 8.59. The molecular weight excluding hydrogens is 340 g/mol. The monoisotopic (exact) mass is 352 g/mol. The second-order valence-electron chi connectivity index (χ2n) is 3.84. The van der Waals surface area contributed by atoms with Gasteiger partial charge in [-0.1, -0.05) is 0 Å². The van der Waals surface area contributed by atoms with E-state index in [0.29, 0.717) is 6.04 Å². The van der Waals surface area contributed by atoms with Gasteiger partial charge in [-0.25, -0.2) is 0 Å². The number of thiophene rings is 1. The molecule has 0 radical (unpaired) electrons. The minimum Gasteiger partial charge on any atom is -0.316 e. The van der Waals surface area contributed by atoms with Crippen molar-refractivity contribution in [3.63, 3.8) is 0 Å². The normalized spacial score (nSPS) is 22.5. The molecule has 2 rings (SSSR count). The second-order valence-corrected chi connectivity index (χ2v) is 7.15. The average Bonchev–Trinajstić information content (AvgIpc) is 2.76. The Morgan fingerprint density at radius 2 is 2.40 bits per heavy atom. The van der Waals surface area contributed by atoms with Crippen molar-refractivity contribution in [3.8, 4) is 0 Å². The fourth-order valence-electron chi connectivity index (χ4n) is 1.90. The van der Waals surface area contributed by atoms with E-state index < -0.39 is 0 Å². The van der Waals surface area contributed by atoms with Gasteiger partial charge in [0.1, 0.15) is 0 Å². The van der Waals surface area contributed by atoms with Crippen molar-refractivity contribution in [2.75, 3.05) is 20.1 Å². The fraction of sp³-hybridized carbons (Fsp3) is 0.600. The van der Waals surface area contributed by atoms with Crippen LogP contribution in [0, 0.1) is 0 Å². The second kappa shape index (κ2) is 5.27. The molecule has 1 aliphatic rings. The summed E-state index contributed by atoms with van der Waals surface area (Å²) in [6.45, 7) is 3.45. The van der Waals surface area contributed by atoms with E-state index in [2.05, 4.69) is 48.1 Å². The highest BCUT2D eigenvalue weighted by atomic mass is 79.9. The number of nitrogens with one attached hydrogen (secondary N) is 1. The number of likely N-dealkylation sites (N-methyl/N-ethyl adjacent to an activating group) is 1. The third-order valence-electron chi connectivity index (χ3n) is 2.76. The smallest absolute Gasteiger partial charge is 0.0843 e. The maximum absolute atomic E-state index is 3.53. The van der Waals surface area contributed by atoms with Gasteiger partial charge in [-0.05, 0) is 51.4 Å². The number of nitrogens with zero attached hydrogens (tertiary/aromatic N) is 1. The van der Waals surface area contributed by atoms with E-state index in [-0.39, 0.29) is 0 Å². The summed E-state index contributed by atoms with van der Waals surface area (Å²) >= 11 is 8.87. The molecule has 0 aromatic carbocycles. The van der Waals surface area contributed by atoms with Gasteiger partial charge < -0.3 is 5.32 Å². The molecule has 1 unspecified atom stereocenters. The zero-order chi connectivity index (χ0) is 10.8. The molecule has 15 heavy (non-hydrogen) atoms. The molecule has 0 bridgehead atoms. The molecule has 1 atom stereocenters. The minimum absolute atomic E-state index is 0.678. The SMILES string of the molecule is CNC1CCN(Cc2cc(Br)c(Br)s2)C1. The van der Waals surface area contributed by atoms with Gasteiger partial charge in [-0.15, -0.1) is 11.3 Å². The number of rotatable bonds is 3. The third-order valence-corrected chi connectivity index (χ3v) is 6.00. The molecule has 84 valence electrons. The molecule has 1 aromatic rings. The number of hydrogen-bond acceptors (Lipinski definition) is 3. The maximum Gasteiger partial charge on any atom is 0.0843 e. The van der Waals surface area contributed by atoms with Crippen LogP contribution in [0.3, 0.4) is 0 Å². The van der Waals surface area contributed by atoms with E-state index in [1.807, 2.05) is 18.4 Å². The Kier molecular flexibility index (Phi) is 4.24. The van der Waals surface area contributed by atoms with Crippen LogP contribution in [0.25, 0.3) is 0 Å². The van der Waals surface area contributed by atoms with E-state index in [1.165, 1.54) is 32.6 Å². The molecule has 1 fully saturated rings. The molecule has 0 saturated carbocycles. The van der Waals surface area contributed by atoms with Gasteiger partial charge in [-0.3, -0.25) is 4.90 Å². The van der Waals surface area contributed by atoms with Crippen LogP contribution in [-0.4, -0.2) is 31.1 Å². The Labute approximate surface area is 111 Å². The highest BCUT2D eigenvalue weighted by Gasteiger charge is 2.21. The lowest BCUT2D eigenvalue weighted by Gasteiger charge is -2.14. The molecule has 1 aliphatic heterocycles. The third kappa shape index (κ3) is 3.03. The van der Waals surface area contributed by atoms with Gasteiger partial charge in [0, 0.05) is 35.0 Å². The first-order valence-corrected chi connectivity index (χ1v) is 7.42. The van der Waals surface area contributed by atoms with Crippen LogP contribution in [-0.2, 0) is 6.54 Å². The topological polar surface area (TPSA) is 15.3 Å². The number of halogens is 2.